The lowest BCUT2D eigenvalue weighted by molar-refractivity contribution is -0.384. The van der Waals surface area contributed by atoms with Crippen LogP contribution in [0.5, 0.6) is 0 Å². The summed E-state index contributed by atoms with van der Waals surface area (Å²) < 4.78 is 25.8. The number of hydrogen-bond acceptors (Lipinski definition) is 6. The third-order valence-electron chi connectivity index (χ3n) is 3.77. The van der Waals surface area contributed by atoms with Gasteiger partial charge in [-0.15, -0.1) is 0 Å². The Labute approximate surface area is 134 Å². The minimum atomic E-state index is -3.70. The lowest BCUT2D eigenvalue weighted by Crippen LogP contribution is -2.31. The molecule has 1 unspecified atom stereocenters. The molecule has 1 N–H and O–H groups in total. The molecule has 0 aromatic heterocycles. The molecule has 1 aliphatic heterocycles. The van der Waals surface area contributed by atoms with Gasteiger partial charge in [0.1, 0.15) is 5.69 Å². The molecule has 122 valence electrons. The molecular formula is C13H19N3O4S2. The molecule has 0 saturated carbocycles. The molecule has 2 rings (SSSR count). The first-order chi connectivity index (χ1) is 10.4. The van der Waals surface area contributed by atoms with E-state index >= 15 is 0 Å². The van der Waals surface area contributed by atoms with Crippen molar-refractivity contribution < 1.29 is 13.3 Å². The van der Waals surface area contributed by atoms with Crippen molar-refractivity contribution in [3.8, 4) is 0 Å². The molecule has 0 aliphatic carbocycles. The summed E-state index contributed by atoms with van der Waals surface area (Å²) in [5.41, 5.74) is 0.334. The van der Waals surface area contributed by atoms with Crippen molar-refractivity contribution >= 4 is 33.2 Å². The summed E-state index contributed by atoms with van der Waals surface area (Å²) in [5, 5.41) is 11.4. The highest BCUT2D eigenvalue weighted by atomic mass is 32.2. The molecule has 1 atom stereocenters. The molecule has 1 fully saturated rings. The molecule has 1 saturated heterocycles. The van der Waals surface area contributed by atoms with Crippen LogP contribution in [0.1, 0.15) is 12.8 Å². The molecule has 1 aliphatic rings. The molecule has 7 nitrogen and oxygen atoms in total. The zero-order chi connectivity index (χ0) is 16.3. The Balaban J connectivity index is 2.46. The Morgan fingerprint density at radius 1 is 1.50 bits per heavy atom. The maximum atomic E-state index is 11.8. The van der Waals surface area contributed by atoms with E-state index in [1.54, 1.807) is 17.8 Å². The second-order valence-electron chi connectivity index (χ2n) is 5.06. The first-order valence-electron chi connectivity index (χ1n) is 6.88. The fourth-order valence-corrected chi connectivity index (χ4v) is 4.18. The van der Waals surface area contributed by atoms with E-state index in [1.165, 1.54) is 13.1 Å². The normalized spacial score (nSPS) is 18.6. The summed E-state index contributed by atoms with van der Waals surface area (Å²) in [5.74, 6) is 0.897. The van der Waals surface area contributed by atoms with Crippen LogP contribution in [-0.2, 0) is 10.0 Å². The van der Waals surface area contributed by atoms with Gasteiger partial charge in [-0.1, -0.05) is 0 Å². The van der Waals surface area contributed by atoms with Crippen LogP contribution < -0.4 is 9.62 Å². The average Bonchev–Trinajstić information content (AvgIpc) is 2.95. The molecule has 0 bridgehead atoms. The standard InChI is InChI=1S/C13H19N3O4S2/c1-14-22(19,20)11-5-6-12(13(8-11)16(17)18)15-7-3-4-10(15)9-21-2/h5-6,8,10,14H,3-4,7,9H2,1-2H3. The Hall–Kier alpha value is -1.32. The molecular weight excluding hydrogens is 326 g/mol. The predicted octanol–water partition coefficient (Wildman–Crippen LogP) is 1.83. The number of nitrogens with one attached hydrogen (secondary N) is 1. The number of nitro benzene ring substituents is 1. The van der Waals surface area contributed by atoms with Crippen LogP contribution in [0.2, 0.25) is 0 Å². The summed E-state index contributed by atoms with van der Waals surface area (Å²) in [6.07, 6.45) is 3.99. The SMILES string of the molecule is CNS(=O)(=O)c1ccc(N2CCCC2CSC)c([N+](=O)[O-])c1. The molecule has 0 radical (unpaired) electrons. The Morgan fingerprint density at radius 3 is 2.82 bits per heavy atom. The van der Waals surface area contributed by atoms with Crippen molar-refractivity contribution in [3.63, 3.8) is 0 Å². The largest absolute Gasteiger partial charge is 0.362 e. The zero-order valence-electron chi connectivity index (χ0n) is 12.5. The van der Waals surface area contributed by atoms with Crippen molar-refractivity contribution in [1.29, 1.82) is 0 Å². The van der Waals surface area contributed by atoms with Gasteiger partial charge >= 0.3 is 0 Å². The zero-order valence-corrected chi connectivity index (χ0v) is 14.1. The van der Waals surface area contributed by atoms with E-state index in [-0.39, 0.29) is 16.6 Å². The number of nitrogens with zero attached hydrogens (tertiary/aromatic N) is 2. The molecule has 1 aromatic carbocycles. The van der Waals surface area contributed by atoms with Crippen LogP contribution in [0.4, 0.5) is 11.4 Å². The van der Waals surface area contributed by atoms with Gasteiger partial charge in [-0.25, -0.2) is 13.1 Å². The van der Waals surface area contributed by atoms with E-state index in [0.717, 1.165) is 31.2 Å². The highest BCUT2D eigenvalue weighted by Crippen LogP contribution is 2.35. The van der Waals surface area contributed by atoms with Gasteiger partial charge in [0, 0.05) is 24.4 Å². The van der Waals surface area contributed by atoms with Crippen LogP contribution in [0.15, 0.2) is 23.1 Å². The maximum Gasteiger partial charge on any atom is 0.293 e. The van der Waals surface area contributed by atoms with Crippen LogP contribution in [-0.4, -0.2) is 45.0 Å². The lowest BCUT2D eigenvalue weighted by Gasteiger charge is -2.26. The van der Waals surface area contributed by atoms with Gasteiger partial charge in [-0.2, -0.15) is 11.8 Å². The topological polar surface area (TPSA) is 92.6 Å². The molecule has 1 aromatic rings. The van der Waals surface area contributed by atoms with Crippen LogP contribution in [0.3, 0.4) is 0 Å². The summed E-state index contributed by atoms with van der Waals surface area (Å²) in [6.45, 7) is 0.754. The predicted molar refractivity (Wildman–Crippen MR) is 88.1 cm³/mol. The second-order valence-corrected chi connectivity index (χ2v) is 7.86. The number of sulfonamides is 1. The van der Waals surface area contributed by atoms with Gasteiger partial charge in [0.05, 0.1) is 9.82 Å². The highest BCUT2D eigenvalue weighted by molar-refractivity contribution is 7.98. The quantitative estimate of drug-likeness (QED) is 0.625. The van der Waals surface area contributed by atoms with Gasteiger partial charge in [0.15, 0.2) is 0 Å². The Bertz CT molecular complexity index is 663. The minimum absolute atomic E-state index is 0.0916. The van der Waals surface area contributed by atoms with Gasteiger partial charge in [0.2, 0.25) is 10.0 Å². The van der Waals surface area contributed by atoms with Crippen LogP contribution in [0.25, 0.3) is 0 Å². The lowest BCUT2D eigenvalue weighted by atomic mass is 10.2. The molecule has 9 heteroatoms. The average molecular weight is 345 g/mol. The highest BCUT2D eigenvalue weighted by Gasteiger charge is 2.30. The van der Waals surface area contributed by atoms with Crippen molar-refractivity contribution in [2.24, 2.45) is 0 Å². The summed E-state index contributed by atoms with van der Waals surface area (Å²) >= 11 is 1.71. The summed E-state index contributed by atoms with van der Waals surface area (Å²) in [4.78, 5) is 12.8. The number of rotatable bonds is 6. The second kappa shape index (κ2) is 6.84. The van der Waals surface area contributed by atoms with E-state index in [9.17, 15) is 18.5 Å². The first kappa shape index (κ1) is 17.0. The fraction of sp³-hybridized carbons (Fsp3) is 0.538. The smallest absolute Gasteiger partial charge is 0.293 e. The van der Waals surface area contributed by atoms with E-state index in [1.807, 2.05) is 11.2 Å². The monoisotopic (exact) mass is 345 g/mol. The summed E-state index contributed by atoms with van der Waals surface area (Å²) in [6, 6.07) is 4.35. The van der Waals surface area contributed by atoms with Crippen LogP contribution >= 0.6 is 11.8 Å². The minimum Gasteiger partial charge on any atom is -0.362 e. The van der Waals surface area contributed by atoms with E-state index in [2.05, 4.69) is 4.72 Å². The van der Waals surface area contributed by atoms with Gasteiger partial charge in [-0.05, 0) is 38.3 Å². The Kier molecular flexibility index (Phi) is 5.30. The van der Waals surface area contributed by atoms with Gasteiger partial charge < -0.3 is 4.90 Å². The Morgan fingerprint density at radius 2 is 2.23 bits per heavy atom. The number of nitro groups is 1. The van der Waals surface area contributed by atoms with Crippen molar-refractivity contribution in [2.45, 2.75) is 23.8 Å². The summed E-state index contributed by atoms with van der Waals surface area (Å²) in [7, 11) is -2.41. The number of hydrogen-bond donors (Lipinski definition) is 1. The van der Waals surface area contributed by atoms with Crippen LogP contribution in [0, 0.1) is 10.1 Å². The van der Waals surface area contributed by atoms with Crippen molar-refractivity contribution in [3.05, 3.63) is 28.3 Å². The van der Waals surface area contributed by atoms with E-state index in [0.29, 0.717) is 5.69 Å². The first-order valence-corrected chi connectivity index (χ1v) is 9.76. The third-order valence-corrected chi connectivity index (χ3v) is 5.90. The molecule has 0 spiro atoms. The van der Waals surface area contributed by atoms with Crippen molar-refractivity contribution in [1.82, 2.24) is 4.72 Å². The maximum absolute atomic E-state index is 11.8. The molecule has 22 heavy (non-hydrogen) atoms. The molecule has 0 amide bonds. The number of anilines is 1. The van der Waals surface area contributed by atoms with Gasteiger partial charge in [-0.3, -0.25) is 10.1 Å². The number of benzene rings is 1. The van der Waals surface area contributed by atoms with Gasteiger partial charge in [0.25, 0.3) is 5.69 Å². The third kappa shape index (κ3) is 3.36. The molecule has 1 heterocycles. The van der Waals surface area contributed by atoms with Crippen molar-refractivity contribution in [2.75, 3.05) is 30.5 Å². The fourth-order valence-electron chi connectivity index (χ4n) is 2.70. The van der Waals surface area contributed by atoms with E-state index in [4.69, 9.17) is 0 Å². The number of thioether (sulfide) groups is 1. The van der Waals surface area contributed by atoms with E-state index < -0.39 is 14.9 Å².